The van der Waals surface area contributed by atoms with E-state index in [4.69, 9.17) is 0 Å². The molecule has 1 nitrogen and oxygen atoms in total. The minimum Gasteiger partial charge on any atom is -0.313 e. The molecule has 1 N–H and O–H groups in total. The van der Waals surface area contributed by atoms with E-state index in [-0.39, 0.29) is 0 Å². The first-order valence-electron chi connectivity index (χ1n) is 6.04. The van der Waals surface area contributed by atoms with Gasteiger partial charge in [-0.3, -0.25) is 0 Å². The standard InChI is InChI=1S/C14H19N/c1-10-4-3-5-11-12(15-2)6-7-14(8-9-14)13(10)11/h3-5,12,15H,6-9H2,1-2H3. The SMILES string of the molecule is CNC1CCC2(CC2)c2c(C)cccc21. The lowest BCUT2D eigenvalue weighted by molar-refractivity contribution is 0.433. The van der Waals surface area contributed by atoms with E-state index in [2.05, 4.69) is 37.5 Å². The molecular weight excluding hydrogens is 182 g/mol. The van der Waals surface area contributed by atoms with Gasteiger partial charge in [0.05, 0.1) is 0 Å². The molecule has 1 aromatic rings. The molecule has 2 aliphatic rings. The summed E-state index contributed by atoms with van der Waals surface area (Å²) in [5.74, 6) is 0. The Morgan fingerprint density at radius 2 is 2.07 bits per heavy atom. The van der Waals surface area contributed by atoms with Crippen molar-refractivity contribution in [1.29, 1.82) is 0 Å². The molecule has 1 atom stereocenters. The summed E-state index contributed by atoms with van der Waals surface area (Å²) in [6.07, 6.45) is 5.53. The molecule has 0 aliphatic heterocycles. The number of hydrogen-bond donors (Lipinski definition) is 1. The second-order valence-electron chi connectivity index (χ2n) is 5.20. The van der Waals surface area contributed by atoms with Crippen LogP contribution in [-0.2, 0) is 5.41 Å². The largest absolute Gasteiger partial charge is 0.313 e. The van der Waals surface area contributed by atoms with Crippen molar-refractivity contribution in [3.8, 4) is 0 Å². The summed E-state index contributed by atoms with van der Waals surface area (Å²) in [6, 6.07) is 7.39. The van der Waals surface area contributed by atoms with Crippen molar-refractivity contribution in [1.82, 2.24) is 5.32 Å². The average Bonchev–Trinajstić information content (AvgIpc) is 2.99. The smallest absolute Gasteiger partial charge is 0.0320 e. The molecule has 0 aromatic heterocycles. The molecule has 1 aromatic carbocycles. The number of nitrogens with one attached hydrogen (secondary N) is 1. The van der Waals surface area contributed by atoms with Crippen LogP contribution in [0.25, 0.3) is 0 Å². The summed E-state index contributed by atoms with van der Waals surface area (Å²) in [7, 11) is 2.08. The molecule has 1 unspecified atom stereocenters. The Morgan fingerprint density at radius 3 is 2.73 bits per heavy atom. The van der Waals surface area contributed by atoms with E-state index >= 15 is 0 Å². The number of aryl methyl sites for hydroxylation is 1. The third-order valence-corrected chi connectivity index (χ3v) is 4.32. The third kappa shape index (κ3) is 1.26. The zero-order chi connectivity index (χ0) is 10.5. The van der Waals surface area contributed by atoms with E-state index in [1.807, 2.05) is 0 Å². The first kappa shape index (κ1) is 9.41. The van der Waals surface area contributed by atoms with Gasteiger partial charge in [-0.1, -0.05) is 18.2 Å². The highest BCUT2D eigenvalue weighted by molar-refractivity contribution is 5.47. The maximum atomic E-state index is 3.45. The van der Waals surface area contributed by atoms with Crippen molar-refractivity contribution in [2.24, 2.45) is 0 Å². The van der Waals surface area contributed by atoms with Gasteiger partial charge in [-0.2, -0.15) is 0 Å². The van der Waals surface area contributed by atoms with Gasteiger partial charge in [0.15, 0.2) is 0 Å². The van der Waals surface area contributed by atoms with Gasteiger partial charge in [-0.05, 0) is 61.8 Å². The van der Waals surface area contributed by atoms with Crippen LogP contribution >= 0.6 is 0 Å². The van der Waals surface area contributed by atoms with Crippen molar-refractivity contribution >= 4 is 0 Å². The Balaban J connectivity index is 2.16. The van der Waals surface area contributed by atoms with Gasteiger partial charge in [0.1, 0.15) is 0 Å². The third-order valence-electron chi connectivity index (χ3n) is 4.32. The summed E-state index contributed by atoms with van der Waals surface area (Å²) in [5.41, 5.74) is 5.34. The van der Waals surface area contributed by atoms with Gasteiger partial charge in [0.2, 0.25) is 0 Å². The summed E-state index contributed by atoms with van der Waals surface area (Å²) in [4.78, 5) is 0. The Bertz CT molecular complexity index is 390. The van der Waals surface area contributed by atoms with E-state index in [1.165, 1.54) is 31.2 Å². The Labute approximate surface area is 91.9 Å². The minimum atomic E-state index is 0.589. The molecule has 0 amide bonds. The highest BCUT2D eigenvalue weighted by Gasteiger charge is 2.48. The zero-order valence-corrected chi connectivity index (χ0v) is 9.64. The van der Waals surface area contributed by atoms with Gasteiger partial charge in [-0.15, -0.1) is 0 Å². The second-order valence-corrected chi connectivity index (χ2v) is 5.20. The maximum Gasteiger partial charge on any atom is 0.0320 e. The van der Waals surface area contributed by atoms with E-state index in [9.17, 15) is 0 Å². The lowest BCUT2D eigenvalue weighted by Gasteiger charge is -2.33. The summed E-state index contributed by atoms with van der Waals surface area (Å²) in [6.45, 7) is 2.27. The van der Waals surface area contributed by atoms with Crippen LogP contribution in [0.5, 0.6) is 0 Å². The van der Waals surface area contributed by atoms with Crippen LogP contribution in [-0.4, -0.2) is 7.05 Å². The zero-order valence-electron chi connectivity index (χ0n) is 9.64. The molecule has 0 radical (unpaired) electrons. The molecule has 1 heteroatoms. The van der Waals surface area contributed by atoms with Crippen molar-refractivity contribution in [2.45, 2.75) is 44.1 Å². The van der Waals surface area contributed by atoms with E-state index in [0.717, 1.165) is 0 Å². The van der Waals surface area contributed by atoms with Gasteiger partial charge < -0.3 is 5.32 Å². The highest BCUT2D eigenvalue weighted by Crippen LogP contribution is 2.58. The Kier molecular flexibility index (Phi) is 1.93. The molecule has 15 heavy (non-hydrogen) atoms. The minimum absolute atomic E-state index is 0.589. The molecule has 0 heterocycles. The molecule has 3 rings (SSSR count). The fraction of sp³-hybridized carbons (Fsp3) is 0.571. The van der Waals surface area contributed by atoms with Crippen LogP contribution in [0, 0.1) is 6.92 Å². The van der Waals surface area contributed by atoms with E-state index in [0.29, 0.717) is 11.5 Å². The predicted molar refractivity (Wildman–Crippen MR) is 63.1 cm³/mol. The van der Waals surface area contributed by atoms with Crippen molar-refractivity contribution in [2.75, 3.05) is 7.05 Å². The summed E-state index contributed by atoms with van der Waals surface area (Å²) in [5, 5.41) is 3.45. The Morgan fingerprint density at radius 1 is 1.27 bits per heavy atom. The van der Waals surface area contributed by atoms with Crippen molar-refractivity contribution in [3.05, 3.63) is 34.9 Å². The van der Waals surface area contributed by atoms with Gasteiger partial charge in [0.25, 0.3) is 0 Å². The monoisotopic (exact) mass is 201 g/mol. The molecular formula is C14H19N. The topological polar surface area (TPSA) is 12.0 Å². The van der Waals surface area contributed by atoms with Crippen molar-refractivity contribution < 1.29 is 0 Å². The van der Waals surface area contributed by atoms with Crippen molar-refractivity contribution in [3.63, 3.8) is 0 Å². The van der Waals surface area contributed by atoms with Gasteiger partial charge in [0, 0.05) is 6.04 Å². The number of benzene rings is 1. The molecule has 1 saturated carbocycles. The van der Waals surface area contributed by atoms with Gasteiger partial charge in [-0.25, -0.2) is 0 Å². The predicted octanol–water partition coefficient (Wildman–Crippen LogP) is 3.08. The molecule has 1 spiro atoms. The molecule has 0 saturated heterocycles. The fourth-order valence-electron chi connectivity index (χ4n) is 3.36. The maximum absolute atomic E-state index is 3.45. The van der Waals surface area contributed by atoms with Crippen LogP contribution in [0.1, 0.15) is 48.4 Å². The van der Waals surface area contributed by atoms with Gasteiger partial charge >= 0.3 is 0 Å². The quantitative estimate of drug-likeness (QED) is 0.736. The Hall–Kier alpha value is -0.820. The van der Waals surface area contributed by atoms with E-state index in [1.54, 1.807) is 11.1 Å². The summed E-state index contributed by atoms with van der Waals surface area (Å²) >= 11 is 0. The average molecular weight is 201 g/mol. The van der Waals surface area contributed by atoms with Crippen LogP contribution in [0.15, 0.2) is 18.2 Å². The van der Waals surface area contributed by atoms with Crippen LogP contribution in [0.3, 0.4) is 0 Å². The molecule has 0 bridgehead atoms. The number of fused-ring (bicyclic) bond motifs is 2. The first-order valence-corrected chi connectivity index (χ1v) is 6.04. The van der Waals surface area contributed by atoms with Crippen LogP contribution in [0.4, 0.5) is 0 Å². The summed E-state index contributed by atoms with van der Waals surface area (Å²) < 4.78 is 0. The second kappa shape index (κ2) is 3.08. The molecule has 80 valence electrons. The highest BCUT2D eigenvalue weighted by atomic mass is 14.9. The lowest BCUT2D eigenvalue weighted by atomic mass is 9.75. The van der Waals surface area contributed by atoms with Crippen LogP contribution in [0.2, 0.25) is 0 Å². The lowest BCUT2D eigenvalue weighted by Crippen LogP contribution is -2.27. The molecule has 1 fully saturated rings. The first-order chi connectivity index (χ1) is 7.27. The van der Waals surface area contributed by atoms with E-state index < -0.39 is 0 Å². The molecule has 2 aliphatic carbocycles. The normalized spacial score (nSPS) is 26.4. The fourth-order valence-corrected chi connectivity index (χ4v) is 3.36. The number of hydrogen-bond acceptors (Lipinski definition) is 1. The van der Waals surface area contributed by atoms with Crippen LogP contribution < -0.4 is 5.32 Å². The number of rotatable bonds is 1.